The summed E-state index contributed by atoms with van der Waals surface area (Å²) in [6.07, 6.45) is 0. The van der Waals surface area contributed by atoms with Crippen molar-refractivity contribution in [1.82, 2.24) is 14.8 Å². The molecule has 1 N–H and O–H groups in total. The van der Waals surface area contributed by atoms with Gasteiger partial charge >= 0.3 is 0 Å². The normalized spacial score (nSPS) is 10.7. The van der Waals surface area contributed by atoms with E-state index in [2.05, 4.69) is 15.4 Å². The van der Waals surface area contributed by atoms with E-state index in [0.29, 0.717) is 17.4 Å². The van der Waals surface area contributed by atoms with Crippen LogP contribution in [0.25, 0.3) is 11.4 Å². The zero-order chi connectivity index (χ0) is 22.7. The molecular weight excluding hydrogens is 430 g/mol. The van der Waals surface area contributed by atoms with Crippen LogP contribution < -0.4 is 5.32 Å². The first kappa shape index (κ1) is 21.2. The molecule has 0 saturated carbocycles. The molecule has 1 heterocycles. The minimum atomic E-state index is -0.549. The molecule has 0 spiro atoms. The van der Waals surface area contributed by atoms with Crippen LogP contribution in [0.3, 0.4) is 0 Å². The molecule has 0 unspecified atom stereocenters. The Morgan fingerprint density at radius 1 is 1.09 bits per heavy atom. The van der Waals surface area contributed by atoms with Gasteiger partial charge in [0.05, 0.1) is 4.92 Å². The van der Waals surface area contributed by atoms with Crippen molar-refractivity contribution in [2.45, 2.75) is 13.5 Å². The molecule has 32 heavy (non-hydrogen) atoms. The topological polar surface area (TPSA) is 103 Å². The average molecular weight is 448 g/mol. The van der Waals surface area contributed by atoms with Crippen molar-refractivity contribution in [3.63, 3.8) is 0 Å². The molecule has 0 bridgehead atoms. The van der Waals surface area contributed by atoms with Crippen LogP contribution >= 0.6 is 11.6 Å². The summed E-state index contributed by atoms with van der Waals surface area (Å²) in [7, 11) is 0. The van der Waals surface area contributed by atoms with Crippen molar-refractivity contribution in [1.29, 1.82) is 0 Å². The molecule has 0 aliphatic carbocycles. The third kappa shape index (κ3) is 4.50. The van der Waals surface area contributed by atoms with Gasteiger partial charge in [-0.05, 0) is 24.6 Å². The van der Waals surface area contributed by atoms with Crippen LogP contribution in [0.4, 0.5) is 11.6 Å². The minimum Gasteiger partial charge on any atom is -0.350 e. The van der Waals surface area contributed by atoms with Gasteiger partial charge in [-0.3, -0.25) is 14.9 Å². The Labute approximate surface area is 188 Å². The number of halogens is 1. The number of nitro groups is 1. The largest absolute Gasteiger partial charge is 0.350 e. The molecule has 3 aromatic carbocycles. The number of nitro benzene ring substituents is 1. The van der Waals surface area contributed by atoms with Crippen LogP contribution in [-0.4, -0.2) is 25.6 Å². The van der Waals surface area contributed by atoms with Crippen molar-refractivity contribution in [2.75, 3.05) is 5.32 Å². The van der Waals surface area contributed by atoms with Crippen LogP contribution in [0.5, 0.6) is 0 Å². The molecule has 0 atom stereocenters. The van der Waals surface area contributed by atoms with E-state index in [0.717, 1.165) is 21.4 Å². The van der Waals surface area contributed by atoms with E-state index in [9.17, 15) is 14.9 Å². The van der Waals surface area contributed by atoms with Crippen molar-refractivity contribution in [3.8, 4) is 11.4 Å². The van der Waals surface area contributed by atoms with Crippen molar-refractivity contribution in [3.05, 3.63) is 105 Å². The van der Waals surface area contributed by atoms with Crippen molar-refractivity contribution in [2.24, 2.45) is 0 Å². The Kier molecular flexibility index (Phi) is 5.96. The van der Waals surface area contributed by atoms with Crippen LogP contribution in [-0.2, 0) is 6.54 Å². The summed E-state index contributed by atoms with van der Waals surface area (Å²) in [5.74, 6) is 0.0173. The zero-order valence-corrected chi connectivity index (χ0v) is 17.8. The highest BCUT2D eigenvalue weighted by Gasteiger charge is 2.20. The number of nitrogens with zero attached hydrogens (tertiary/aromatic N) is 4. The standard InChI is InChI=1S/C23H18ClN5O3/c1-15-9-11-16(12-10-15)21-26-23(25-14-18-5-2-3-8-20(18)24)28(27-21)22(30)17-6-4-7-19(13-17)29(31)32/h2-13H,14H2,1H3,(H,25,26,27). The number of aryl methyl sites for hydroxylation is 1. The SMILES string of the molecule is Cc1ccc(-c2nc(NCc3ccccc3Cl)n(C(=O)c3cccc([N+](=O)[O-])c3)n2)cc1. The van der Waals surface area contributed by atoms with E-state index >= 15 is 0 Å². The Morgan fingerprint density at radius 2 is 1.84 bits per heavy atom. The highest BCUT2D eigenvalue weighted by Crippen LogP contribution is 2.22. The molecule has 0 amide bonds. The molecule has 9 heteroatoms. The maximum Gasteiger partial charge on any atom is 0.281 e. The van der Waals surface area contributed by atoms with E-state index < -0.39 is 10.8 Å². The van der Waals surface area contributed by atoms with Crippen molar-refractivity contribution < 1.29 is 9.72 Å². The van der Waals surface area contributed by atoms with Crippen LogP contribution in [0.2, 0.25) is 5.02 Å². The van der Waals surface area contributed by atoms with Gasteiger partial charge < -0.3 is 5.32 Å². The third-order valence-electron chi connectivity index (χ3n) is 4.81. The quantitative estimate of drug-likeness (QED) is 0.325. The maximum atomic E-state index is 13.2. The lowest BCUT2D eigenvalue weighted by Crippen LogP contribution is -2.17. The van der Waals surface area contributed by atoms with E-state index in [1.807, 2.05) is 49.4 Å². The summed E-state index contributed by atoms with van der Waals surface area (Å²) in [5, 5.41) is 19.2. The van der Waals surface area contributed by atoms with Gasteiger partial charge in [-0.15, -0.1) is 5.10 Å². The number of carbonyl (C=O) groups excluding carboxylic acids is 1. The van der Waals surface area contributed by atoms with Crippen LogP contribution in [0, 0.1) is 17.0 Å². The highest BCUT2D eigenvalue weighted by molar-refractivity contribution is 6.31. The summed E-state index contributed by atoms with van der Waals surface area (Å²) < 4.78 is 1.12. The van der Waals surface area contributed by atoms with Gasteiger partial charge in [-0.2, -0.15) is 9.67 Å². The number of non-ortho nitro benzene ring substituents is 1. The Hall–Kier alpha value is -4.04. The Balaban J connectivity index is 1.72. The number of rotatable bonds is 6. The second kappa shape index (κ2) is 8.99. The number of hydrogen-bond donors (Lipinski definition) is 1. The lowest BCUT2D eigenvalue weighted by Gasteiger charge is -2.08. The predicted octanol–water partition coefficient (Wildman–Crippen LogP) is 5.12. The fourth-order valence-corrected chi connectivity index (χ4v) is 3.29. The van der Waals surface area contributed by atoms with Gasteiger partial charge in [-0.1, -0.05) is 65.7 Å². The lowest BCUT2D eigenvalue weighted by atomic mass is 10.1. The van der Waals surface area contributed by atoms with Gasteiger partial charge in [-0.25, -0.2) is 0 Å². The Bertz CT molecular complexity index is 1300. The third-order valence-corrected chi connectivity index (χ3v) is 5.18. The second-order valence-electron chi connectivity index (χ2n) is 7.09. The molecule has 1 aromatic heterocycles. The van der Waals surface area contributed by atoms with Crippen LogP contribution in [0.15, 0.2) is 72.8 Å². The van der Waals surface area contributed by atoms with E-state index in [4.69, 9.17) is 11.6 Å². The van der Waals surface area contributed by atoms with E-state index in [1.54, 1.807) is 6.07 Å². The second-order valence-corrected chi connectivity index (χ2v) is 7.50. The number of anilines is 1. The maximum absolute atomic E-state index is 13.2. The number of aromatic nitrogens is 3. The first-order chi connectivity index (χ1) is 15.4. The summed E-state index contributed by atoms with van der Waals surface area (Å²) in [4.78, 5) is 28.3. The predicted molar refractivity (Wildman–Crippen MR) is 122 cm³/mol. The monoisotopic (exact) mass is 447 g/mol. The Morgan fingerprint density at radius 3 is 2.56 bits per heavy atom. The summed E-state index contributed by atoms with van der Waals surface area (Å²) in [6.45, 7) is 2.28. The number of nitrogens with one attached hydrogen (secondary N) is 1. The highest BCUT2D eigenvalue weighted by atomic mass is 35.5. The summed E-state index contributed by atoms with van der Waals surface area (Å²) in [5.41, 5.74) is 2.59. The van der Waals surface area contributed by atoms with Gasteiger partial charge in [0, 0.05) is 34.8 Å². The minimum absolute atomic E-state index is 0.125. The molecule has 160 valence electrons. The van der Waals surface area contributed by atoms with Gasteiger partial charge in [0.1, 0.15) is 0 Å². The molecule has 8 nitrogen and oxygen atoms in total. The molecule has 0 saturated heterocycles. The number of carbonyl (C=O) groups is 1. The first-order valence-corrected chi connectivity index (χ1v) is 10.1. The fourth-order valence-electron chi connectivity index (χ4n) is 3.08. The molecule has 4 aromatic rings. The summed E-state index contributed by atoms with van der Waals surface area (Å²) >= 11 is 6.24. The van der Waals surface area contributed by atoms with Gasteiger partial charge in [0.15, 0.2) is 5.82 Å². The van der Waals surface area contributed by atoms with Crippen molar-refractivity contribution >= 4 is 29.1 Å². The van der Waals surface area contributed by atoms with E-state index in [1.165, 1.54) is 24.3 Å². The molecule has 4 rings (SSSR count). The molecule has 0 aliphatic rings. The van der Waals surface area contributed by atoms with Crippen LogP contribution in [0.1, 0.15) is 21.5 Å². The molecule has 0 aliphatic heterocycles. The smallest absolute Gasteiger partial charge is 0.281 e. The number of benzene rings is 3. The van der Waals surface area contributed by atoms with Gasteiger partial charge in [0.2, 0.25) is 5.95 Å². The molecule has 0 radical (unpaired) electrons. The van der Waals surface area contributed by atoms with E-state index in [-0.39, 0.29) is 17.2 Å². The molecule has 0 fully saturated rings. The summed E-state index contributed by atoms with van der Waals surface area (Å²) in [6, 6.07) is 20.4. The molecular formula is C23H18ClN5O3. The number of hydrogen-bond acceptors (Lipinski definition) is 6. The average Bonchev–Trinajstić information content (AvgIpc) is 3.22. The lowest BCUT2D eigenvalue weighted by molar-refractivity contribution is -0.384. The fraction of sp³-hybridized carbons (Fsp3) is 0.0870. The zero-order valence-electron chi connectivity index (χ0n) is 17.0. The van der Waals surface area contributed by atoms with Gasteiger partial charge in [0.25, 0.3) is 11.6 Å². The first-order valence-electron chi connectivity index (χ1n) is 9.73.